The summed E-state index contributed by atoms with van der Waals surface area (Å²) in [7, 11) is 0. The van der Waals surface area contributed by atoms with Crippen LogP contribution in [0.2, 0.25) is 0 Å². The molecule has 2 rings (SSSR count). The third-order valence-corrected chi connectivity index (χ3v) is 1.72. The number of hydrogen-bond donors (Lipinski definition) is 1. The maximum absolute atomic E-state index is 9.09. The average molecular weight is 176 g/mol. The van der Waals surface area contributed by atoms with Gasteiger partial charge in [0.1, 0.15) is 0 Å². The van der Waals surface area contributed by atoms with E-state index in [9.17, 15) is 0 Å². The Morgan fingerprint density at radius 2 is 2.00 bits per heavy atom. The van der Waals surface area contributed by atoms with Crippen LogP contribution in [0.15, 0.2) is 30.3 Å². The van der Waals surface area contributed by atoms with Gasteiger partial charge in [-0.2, -0.15) is 0 Å². The average Bonchev–Trinajstić information content (AvgIpc) is 2.54. The van der Waals surface area contributed by atoms with Crippen LogP contribution in [-0.4, -0.2) is 25.6 Å². The molecular weight excluding hydrogens is 168 g/mol. The van der Waals surface area contributed by atoms with Gasteiger partial charge >= 0.3 is 0 Å². The highest BCUT2D eigenvalue weighted by atomic mass is 16.5. The summed E-state index contributed by atoms with van der Waals surface area (Å²) in [6, 6.07) is 9.70. The number of rotatable bonds is 2. The van der Waals surface area contributed by atoms with Crippen molar-refractivity contribution in [2.75, 3.05) is 0 Å². The summed E-state index contributed by atoms with van der Waals surface area (Å²) in [5, 5.41) is 19.4. The van der Waals surface area contributed by atoms with Crippen molar-refractivity contribution in [2.24, 2.45) is 0 Å². The van der Waals surface area contributed by atoms with Crippen LogP contribution in [0.25, 0.3) is 0 Å². The Hall–Kier alpha value is -1.91. The van der Waals surface area contributed by atoms with Gasteiger partial charge in [-0.3, -0.25) is 0 Å². The number of tetrazole rings is 1. The van der Waals surface area contributed by atoms with Crippen LogP contribution in [0.5, 0.6) is 0 Å². The minimum absolute atomic E-state index is 0.436. The van der Waals surface area contributed by atoms with Gasteiger partial charge in [-0.15, -0.1) is 5.10 Å². The lowest BCUT2D eigenvalue weighted by molar-refractivity contribution is 0.135. The lowest BCUT2D eigenvalue weighted by Gasteiger charge is -1.96. The first-order valence-electron chi connectivity index (χ1n) is 3.87. The Bertz CT molecular complexity index is 384. The first-order valence-corrected chi connectivity index (χ1v) is 3.87. The Labute approximate surface area is 74.6 Å². The zero-order chi connectivity index (χ0) is 9.10. The second-order valence-electron chi connectivity index (χ2n) is 2.65. The molecule has 0 radical (unpaired) electrons. The Morgan fingerprint density at radius 3 is 2.62 bits per heavy atom. The fourth-order valence-electron chi connectivity index (χ4n) is 1.09. The second kappa shape index (κ2) is 3.22. The van der Waals surface area contributed by atoms with Crippen molar-refractivity contribution >= 4 is 0 Å². The van der Waals surface area contributed by atoms with E-state index in [4.69, 9.17) is 5.21 Å². The minimum atomic E-state index is 0.436. The molecule has 0 atom stereocenters. The number of benzene rings is 1. The minimum Gasteiger partial charge on any atom is -0.409 e. The van der Waals surface area contributed by atoms with Crippen molar-refractivity contribution in [2.45, 2.75) is 6.42 Å². The summed E-state index contributed by atoms with van der Waals surface area (Å²) in [5.74, 6) is 0.436. The molecule has 0 aliphatic carbocycles. The van der Waals surface area contributed by atoms with E-state index in [-0.39, 0.29) is 0 Å². The molecule has 0 saturated carbocycles. The van der Waals surface area contributed by atoms with Gasteiger partial charge in [0.25, 0.3) is 0 Å². The van der Waals surface area contributed by atoms with Crippen LogP contribution in [0, 0.1) is 0 Å². The number of nitrogens with zero attached hydrogens (tertiary/aromatic N) is 4. The zero-order valence-corrected chi connectivity index (χ0v) is 6.83. The van der Waals surface area contributed by atoms with E-state index in [0.717, 1.165) is 5.56 Å². The molecule has 0 bridgehead atoms. The number of aromatic nitrogens is 4. The molecule has 66 valence electrons. The molecule has 1 heterocycles. The molecule has 0 aliphatic rings. The first kappa shape index (κ1) is 7.72. The Balaban J connectivity index is 2.20. The lowest BCUT2D eigenvalue weighted by Crippen LogP contribution is -2.01. The smallest absolute Gasteiger partial charge is 0.196 e. The summed E-state index contributed by atoms with van der Waals surface area (Å²) in [6.45, 7) is 0. The molecule has 0 aliphatic heterocycles. The monoisotopic (exact) mass is 176 g/mol. The highest BCUT2D eigenvalue weighted by Crippen LogP contribution is 2.03. The molecule has 5 nitrogen and oxygen atoms in total. The van der Waals surface area contributed by atoms with Crippen LogP contribution in [-0.2, 0) is 6.42 Å². The molecule has 0 amide bonds. The molecule has 13 heavy (non-hydrogen) atoms. The molecule has 1 N–H and O–H groups in total. The van der Waals surface area contributed by atoms with E-state index < -0.39 is 0 Å². The van der Waals surface area contributed by atoms with Gasteiger partial charge in [-0.05, 0) is 16.0 Å². The van der Waals surface area contributed by atoms with E-state index >= 15 is 0 Å². The van der Waals surface area contributed by atoms with Crippen LogP contribution < -0.4 is 0 Å². The summed E-state index contributed by atoms with van der Waals surface area (Å²) >= 11 is 0. The van der Waals surface area contributed by atoms with Crippen molar-refractivity contribution in [3.05, 3.63) is 41.7 Å². The van der Waals surface area contributed by atoms with Gasteiger partial charge < -0.3 is 5.21 Å². The van der Waals surface area contributed by atoms with Crippen LogP contribution in [0.1, 0.15) is 11.4 Å². The highest BCUT2D eigenvalue weighted by molar-refractivity contribution is 5.18. The first-order chi connectivity index (χ1) is 6.36. The largest absolute Gasteiger partial charge is 0.409 e. The molecule has 5 heteroatoms. The Morgan fingerprint density at radius 1 is 1.23 bits per heavy atom. The molecule has 0 spiro atoms. The molecule has 0 fully saturated rings. The van der Waals surface area contributed by atoms with Gasteiger partial charge in [0.15, 0.2) is 5.82 Å². The van der Waals surface area contributed by atoms with Crippen LogP contribution >= 0.6 is 0 Å². The van der Waals surface area contributed by atoms with E-state index in [1.54, 1.807) is 0 Å². The van der Waals surface area contributed by atoms with Crippen molar-refractivity contribution in [3.63, 3.8) is 0 Å². The molecular formula is C8H8N4O. The van der Waals surface area contributed by atoms with Crippen molar-refractivity contribution in [1.82, 2.24) is 20.4 Å². The molecule has 1 aromatic carbocycles. The van der Waals surface area contributed by atoms with Gasteiger partial charge in [-0.1, -0.05) is 35.2 Å². The fourth-order valence-corrected chi connectivity index (χ4v) is 1.09. The molecule has 2 aromatic rings. The SMILES string of the molecule is On1nnnc1Cc1ccccc1. The number of hydrogen-bond acceptors (Lipinski definition) is 4. The van der Waals surface area contributed by atoms with Crippen LogP contribution in [0.3, 0.4) is 0 Å². The zero-order valence-electron chi connectivity index (χ0n) is 6.83. The van der Waals surface area contributed by atoms with Crippen LogP contribution in [0.4, 0.5) is 0 Å². The maximum atomic E-state index is 9.09. The highest BCUT2D eigenvalue weighted by Gasteiger charge is 2.04. The quantitative estimate of drug-likeness (QED) is 0.677. The third kappa shape index (κ3) is 1.64. The molecule has 0 saturated heterocycles. The van der Waals surface area contributed by atoms with Crippen molar-refractivity contribution < 1.29 is 5.21 Å². The lowest BCUT2D eigenvalue weighted by atomic mass is 10.1. The van der Waals surface area contributed by atoms with Gasteiger partial charge in [-0.25, -0.2) is 0 Å². The van der Waals surface area contributed by atoms with E-state index in [2.05, 4.69) is 15.5 Å². The van der Waals surface area contributed by atoms with Gasteiger partial charge in [0.05, 0.1) is 0 Å². The topological polar surface area (TPSA) is 63.8 Å². The second-order valence-corrected chi connectivity index (χ2v) is 2.65. The summed E-state index contributed by atoms with van der Waals surface area (Å²) < 4.78 is 0. The Kier molecular flexibility index (Phi) is 1.91. The summed E-state index contributed by atoms with van der Waals surface area (Å²) in [5.41, 5.74) is 1.06. The van der Waals surface area contributed by atoms with Crippen molar-refractivity contribution in [1.29, 1.82) is 0 Å². The fraction of sp³-hybridized carbons (Fsp3) is 0.125. The van der Waals surface area contributed by atoms with E-state index in [0.29, 0.717) is 17.1 Å². The maximum Gasteiger partial charge on any atom is 0.196 e. The summed E-state index contributed by atoms with van der Waals surface area (Å²) in [4.78, 5) is 0.687. The summed E-state index contributed by atoms with van der Waals surface area (Å²) in [6.07, 6.45) is 0.532. The predicted molar refractivity (Wildman–Crippen MR) is 44.2 cm³/mol. The van der Waals surface area contributed by atoms with Gasteiger partial charge in [0, 0.05) is 6.42 Å². The standard InChI is InChI=1S/C8H8N4O/c13-12-8(9-10-11-12)6-7-4-2-1-3-5-7/h1-5,13H,6H2. The normalized spacial score (nSPS) is 10.2. The molecule has 1 aromatic heterocycles. The van der Waals surface area contributed by atoms with Gasteiger partial charge in [0.2, 0.25) is 0 Å². The van der Waals surface area contributed by atoms with Crippen molar-refractivity contribution in [3.8, 4) is 0 Å². The van der Waals surface area contributed by atoms with E-state index in [1.165, 1.54) is 0 Å². The predicted octanol–water partition coefficient (Wildman–Crippen LogP) is 0.501. The van der Waals surface area contributed by atoms with E-state index in [1.807, 2.05) is 30.3 Å². The molecule has 0 unspecified atom stereocenters. The third-order valence-electron chi connectivity index (χ3n) is 1.72.